The van der Waals surface area contributed by atoms with Crippen LogP contribution in [0.4, 0.5) is 16.2 Å². The molecule has 0 radical (unpaired) electrons. The molecule has 0 aromatic carbocycles. The van der Waals surface area contributed by atoms with E-state index in [1.807, 2.05) is 0 Å². The number of imidazole rings is 2. The van der Waals surface area contributed by atoms with Crippen LogP contribution in [-0.2, 0) is 27.6 Å². The first-order chi connectivity index (χ1) is 21.3. The van der Waals surface area contributed by atoms with Gasteiger partial charge in [0.2, 0.25) is 5.95 Å². The normalized spacial score (nSPS) is 37.7. The summed E-state index contributed by atoms with van der Waals surface area (Å²) in [5.74, 6) is -0.154. The summed E-state index contributed by atoms with van der Waals surface area (Å²) in [6.07, 6.45) is -8.11. The van der Waals surface area contributed by atoms with Crippen LogP contribution in [0.3, 0.4) is 0 Å². The number of nitrogens with zero attached hydrogens (tertiary/aromatic N) is 7. The number of rotatable bonds is 2. The molecule has 2 bridgehead atoms. The number of nitrogens with two attached hydrogens (primary N) is 2. The molecule has 3 aliphatic heterocycles. The van der Waals surface area contributed by atoms with Gasteiger partial charge in [-0.05, 0) is 0 Å². The third kappa shape index (κ3) is 5.64. The largest absolute Gasteiger partial charge is 0.476 e. The Morgan fingerprint density at radius 2 is 1.53 bits per heavy atom. The molecule has 3 saturated heterocycles. The maximum Gasteiger partial charge on any atom is 0.476 e. The predicted molar refractivity (Wildman–Crippen MR) is 159 cm³/mol. The number of anilines is 2. The number of fused-ring (bicyclic) bond motifs is 5. The van der Waals surface area contributed by atoms with Gasteiger partial charge in [-0.2, -0.15) is 32.9 Å². The SMILES string of the molecule is Nc1nc2c(ncn2[C@@H]2O[C@@H]3CO[P+](O)(S)O[C@H]4[C@@H](F)[C@H](n5cnc6c(N)ncnc65)O[C@@H]4CO[P+](O)(S)O[C@@H]2[C@@H]3O)c(=O)[nH]1. The third-order valence-corrected chi connectivity index (χ3v) is 10.6. The van der Waals surface area contributed by atoms with E-state index in [1.54, 1.807) is 0 Å². The molecule has 3 aliphatic rings. The Balaban J connectivity index is 1.20. The number of nitrogens with one attached hydrogen (secondary N) is 1. The number of aromatic nitrogens is 8. The number of H-pyrrole nitrogens is 1. The van der Waals surface area contributed by atoms with E-state index in [0.717, 1.165) is 0 Å². The van der Waals surface area contributed by atoms with Gasteiger partial charge in [0.25, 0.3) is 5.56 Å². The van der Waals surface area contributed by atoms with E-state index in [1.165, 1.54) is 28.1 Å². The number of hydrogen-bond acceptors (Lipinski definition) is 19. The highest BCUT2D eigenvalue weighted by Crippen LogP contribution is 2.67. The van der Waals surface area contributed by atoms with E-state index in [-0.39, 0.29) is 34.1 Å². The fourth-order valence-corrected chi connectivity index (χ4v) is 8.25. The highest BCUT2D eigenvalue weighted by molar-refractivity contribution is 8.47. The number of ether oxygens (including phenoxy) is 2. The molecule has 0 amide bonds. The molecule has 242 valence electrons. The molecule has 0 aliphatic carbocycles. The first-order valence-electron chi connectivity index (χ1n) is 13.0. The lowest BCUT2D eigenvalue weighted by atomic mass is 10.1. The molecule has 2 unspecified atom stereocenters. The molecule has 0 spiro atoms. The zero-order valence-electron chi connectivity index (χ0n) is 22.4. The number of thiol groups is 2. The molecule has 7 rings (SSSR count). The quantitative estimate of drug-likeness (QED) is 0.0974. The molecule has 4 aromatic rings. The van der Waals surface area contributed by atoms with Gasteiger partial charge in [0.05, 0.1) is 37.2 Å². The van der Waals surface area contributed by atoms with Crippen molar-refractivity contribution in [3.8, 4) is 0 Å². The van der Waals surface area contributed by atoms with Gasteiger partial charge in [-0.3, -0.25) is 18.9 Å². The fourth-order valence-electron chi connectivity index (χ4n) is 5.28. The van der Waals surface area contributed by atoms with Crippen molar-refractivity contribution < 1.29 is 46.9 Å². The fraction of sp³-hybridized carbons (Fsp3) is 0.500. The van der Waals surface area contributed by atoms with Gasteiger partial charge in [-0.25, -0.2) is 24.3 Å². The topological polar surface area (TPSA) is 275 Å². The number of nitrogen functional groups attached to an aromatic ring is 2. The van der Waals surface area contributed by atoms with Gasteiger partial charge in [0.1, 0.15) is 43.4 Å². The summed E-state index contributed by atoms with van der Waals surface area (Å²) >= 11 is 8.28. The highest BCUT2D eigenvalue weighted by atomic mass is 32.7. The van der Waals surface area contributed by atoms with Gasteiger partial charge in [-0.1, -0.05) is 0 Å². The van der Waals surface area contributed by atoms with E-state index in [9.17, 15) is 19.7 Å². The number of aromatic amines is 1. The zero-order valence-corrected chi connectivity index (χ0v) is 26.0. The Morgan fingerprint density at radius 1 is 0.911 bits per heavy atom. The van der Waals surface area contributed by atoms with Crippen molar-refractivity contribution in [1.29, 1.82) is 0 Å². The van der Waals surface area contributed by atoms with Crippen molar-refractivity contribution >= 4 is 72.9 Å². The molecule has 3 fully saturated rings. The summed E-state index contributed by atoms with van der Waals surface area (Å²) in [7, 11) is -8.29. The van der Waals surface area contributed by atoms with E-state index >= 15 is 4.39 Å². The second-order valence-electron chi connectivity index (χ2n) is 10.1. The molecule has 45 heavy (non-hydrogen) atoms. The Bertz CT molecular complexity index is 1820. The molecule has 7 heterocycles. The van der Waals surface area contributed by atoms with Crippen LogP contribution in [0.15, 0.2) is 23.8 Å². The smallest absolute Gasteiger partial charge is 0.387 e. The number of halogens is 1. The summed E-state index contributed by atoms with van der Waals surface area (Å²) in [6.45, 7) is -1.12. The highest BCUT2D eigenvalue weighted by Gasteiger charge is 2.60. The molecule has 20 nitrogen and oxygen atoms in total. The van der Waals surface area contributed by atoms with Crippen LogP contribution in [0.1, 0.15) is 12.5 Å². The van der Waals surface area contributed by atoms with E-state index in [4.69, 9.17) is 39.0 Å². The van der Waals surface area contributed by atoms with Crippen molar-refractivity contribution in [2.45, 2.75) is 49.1 Å². The summed E-state index contributed by atoms with van der Waals surface area (Å²) in [4.78, 5) is 57.0. The number of alkyl halides is 1. The van der Waals surface area contributed by atoms with Gasteiger partial charge < -0.3 is 26.0 Å². The van der Waals surface area contributed by atoms with Crippen molar-refractivity contribution in [3.05, 3.63) is 29.3 Å². The van der Waals surface area contributed by atoms with Crippen LogP contribution in [0.25, 0.3) is 22.3 Å². The van der Waals surface area contributed by atoms with Crippen molar-refractivity contribution in [2.75, 3.05) is 24.7 Å². The van der Waals surface area contributed by atoms with E-state index in [0.29, 0.717) is 0 Å². The molecule has 0 saturated carbocycles. The van der Waals surface area contributed by atoms with Gasteiger partial charge in [-0.15, -0.1) is 0 Å². The molecule has 25 heteroatoms. The summed E-state index contributed by atoms with van der Waals surface area (Å²) in [5, 5.41) is 11.2. The van der Waals surface area contributed by atoms with Crippen molar-refractivity contribution in [1.82, 2.24) is 39.0 Å². The van der Waals surface area contributed by atoms with Crippen LogP contribution < -0.4 is 17.0 Å². The maximum atomic E-state index is 16.0. The lowest BCUT2D eigenvalue weighted by molar-refractivity contribution is -0.0608. The zero-order chi connectivity index (χ0) is 31.8. The van der Waals surface area contributed by atoms with Crippen LogP contribution in [-0.4, -0.2) is 104 Å². The third-order valence-electron chi connectivity index (χ3n) is 7.30. The monoisotopic (exact) mass is 710 g/mol. The average molecular weight is 711 g/mol. The summed E-state index contributed by atoms with van der Waals surface area (Å²) in [6, 6.07) is 0. The van der Waals surface area contributed by atoms with Crippen molar-refractivity contribution in [2.24, 2.45) is 0 Å². The Hall–Kier alpha value is -2.37. The molecular formula is C20H25FN10O10P2S2+2. The minimum Gasteiger partial charge on any atom is -0.387 e. The molecule has 10 atom stereocenters. The Kier molecular flexibility index (Phi) is 7.92. The van der Waals surface area contributed by atoms with Crippen LogP contribution in [0.2, 0.25) is 0 Å². The van der Waals surface area contributed by atoms with Gasteiger partial charge >= 0.3 is 14.3 Å². The van der Waals surface area contributed by atoms with Gasteiger partial charge in [0.15, 0.2) is 53.5 Å². The van der Waals surface area contributed by atoms with Gasteiger partial charge in [0, 0.05) is 0 Å². The molecule has 4 aromatic heterocycles. The number of aliphatic hydroxyl groups is 1. The number of aliphatic hydroxyl groups excluding tert-OH is 1. The lowest BCUT2D eigenvalue weighted by Crippen LogP contribution is -2.35. The van der Waals surface area contributed by atoms with Crippen LogP contribution >= 0.6 is 38.8 Å². The summed E-state index contributed by atoms with van der Waals surface area (Å²) in [5.41, 5.74) is 11.2. The predicted octanol–water partition coefficient (Wildman–Crippen LogP) is -0.366. The van der Waals surface area contributed by atoms with E-state index < -0.39 is 82.2 Å². The first kappa shape index (κ1) is 31.2. The van der Waals surface area contributed by atoms with Crippen LogP contribution in [0, 0.1) is 0 Å². The second-order valence-corrected chi connectivity index (χ2v) is 16.1. The molecular weight excluding hydrogens is 685 g/mol. The Labute approximate surface area is 261 Å². The second kappa shape index (κ2) is 11.4. The van der Waals surface area contributed by atoms with Crippen molar-refractivity contribution in [3.63, 3.8) is 0 Å². The Morgan fingerprint density at radius 3 is 2.27 bits per heavy atom. The minimum absolute atomic E-state index is 0.0190. The standard InChI is InChI=1S/C20H24FN10O10P2S2/c21-8-12-7(39-18(8)30-4-26-9-14(22)24-3-25-15(9)30)2-37-43(35,45)41-13-11(32)6(1-36-42(34,44)40-12)38-19(13)31-5-27-10-16(31)28-20(23)29-17(10)33/h3-8,11-13,18-19,32,34-35,44-45H,1-2H2,(H4-,22,23,24,25,28,29,33)/q+1/p+1/t6-,7-,8-,11-,12-,13-,18-,19-,42?,43?/m1/s1. The average Bonchev–Trinajstić information content (AvgIpc) is 3.72. The maximum absolute atomic E-state index is 16.0. The molecule has 8 N–H and O–H groups in total. The minimum atomic E-state index is -4.15. The number of hydrogen-bond donors (Lipinski definition) is 8. The first-order valence-corrected chi connectivity index (χ1v) is 18.4. The van der Waals surface area contributed by atoms with Crippen LogP contribution in [0.5, 0.6) is 0 Å². The lowest BCUT2D eigenvalue weighted by Gasteiger charge is -2.23. The van der Waals surface area contributed by atoms with E-state index in [2.05, 4.69) is 54.4 Å². The summed E-state index contributed by atoms with van der Waals surface area (Å²) < 4.78 is 52.9.